The number of nitrogens with zero attached hydrogens (tertiary/aromatic N) is 3. The number of anilines is 1. The Morgan fingerprint density at radius 3 is 2.48 bits per heavy atom. The van der Waals surface area contributed by atoms with Gasteiger partial charge in [0.15, 0.2) is 5.96 Å². The number of benzene rings is 1. The zero-order chi connectivity index (χ0) is 21.7. The maximum atomic E-state index is 13.3. The summed E-state index contributed by atoms with van der Waals surface area (Å²) < 4.78 is 40.0. The lowest BCUT2D eigenvalue weighted by Gasteiger charge is -2.35. The lowest BCUT2D eigenvalue weighted by Crippen LogP contribution is -2.45. The molecule has 1 heterocycles. The summed E-state index contributed by atoms with van der Waals surface area (Å²) in [7, 11) is 3.76. The van der Waals surface area contributed by atoms with Crippen molar-refractivity contribution < 1.29 is 13.2 Å². The normalized spacial score (nSPS) is 22.9. The van der Waals surface area contributed by atoms with E-state index in [4.69, 9.17) is 0 Å². The zero-order valence-corrected chi connectivity index (χ0v) is 21.5. The van der Waals surface area contributed by atoms with Gasteiger partial charge in [-0.2, -0.15) is 24.9 Å². The molecule has 10 heteroatoms. The molecule has 1 saturated heterocycles. The fourth-order valence-corrected chi connectivity index (χ4v) is 4.91. The summed E-state index contributed by atoms with van der Waals surface area (Å²) in [5, 5.41) is 7.33. The molecule has 1 saturated carbocycles. The second-order valence-corrected chi connectivity index (χ2v) is 9.21. The minimum Gasteiger partial charge on any atom is -0.369 e. The SMILES string of the molecule is CN=C(NCc1cc(C(F)(F)F)ccc1N1CCN(C)CC1)NC1CCC(SC)C1.I. The Morgan fingerprint density at radius 1 is 1.19 bits per heavy atom. The summed E-state index contributed by atoms with van der Waals surface area (Å²) in [6.45, 7) is 3.70. The van der Waals surface area contributed by atoms with Crippen molar-refractivity contribution in [1.29, 1.82) is 0 Å². The molecule has 2 N–H and O–H groups in total. The third kappa shape index (κ3) is 7.31. The van der Waals surface area contributed by atoms with Crippen LogP contribution in [0, 0.1) is 0 Å². The number of hydrogen-bond acceptors (Lipinski definition) is 4. The molecule has 3 rings (SSSR count). The lowest BCUT2D eigenvalue weighted by molar-refractivity contribution is -0.137. The Bertz CT molecular complexity index is 738. The average molecular weight is 571 g/mol. The van der Waals surface area contributed by atoms with Gasteiger partial charge in [-0.25, -0.2) is 0 Å². The van der Waals surface area contributed by atoms with Gasteiger partial charge >= 0.3 is 6.18 Å². The van der Waals surface area contributed by atoms with Crippen molar-refractivity contribution in [2.75, 3.05) is 51.4 Å². The summed E-state index contributed by atoms with van der Waals surface area (Å²) >= 11 is 1.89. The third-order valence-corrected chi connectivity index (χ3v) is 7.07. The van der Waals surface area contributed by atoms with E-state index in [9.17, 15) is 13.2 Å². The van der Waals surface area contributed by atoms with Gasteiger partial charge in [-0.05, 0) is 56.3 Å². The minimum absolute atomic E-state index is 0. The summed E-state index contributed by atoms with van der Waals surface area (Å²) in [5.74, 6) is 0.642. The lowest BCUT2D eigenvalue weighted by atomic mass is 10.1. The minimum atomic E-state index is -4.36. The van der Waals surface area contributed by atoms with E-state index in [-0.39, 0.29) is 24.0 Å². The number of aliphatic imine (C=N–C) groups is 1. The number of likely N-dealkylation sites (N-methyl/N-ethyl adjacent to an activating group) is 1. The highest BCUT2D eigenvalue weighted by molar-refractivity contribution is 14.0. The van der Waals surface area contributed by atoms with E-state index >= 15 is 0 Å². The van der Waals surface area contributed by atoms with Gasteiger partial charge in [-0.3, -0.25) is 4.99 Å². The van der Waals surface area contributed by atoms with E-state index in [1.807, 2.05) is 11.8 Å². The van der Waals surface area contributed by atoms with Gasteiger partial charge in [0.1, 0.15) is 0 Å². The van der Waals surface area contributed by atoms with E-state index in [2.05, 4.69) is 38.7 Å². The van der Waals surface area contributed by atoms with Crippen molar-refractivity contribution in [3.8, 4) is 0 Å². The highest BCUT2D eigenvalue weighted by Crippen LogP contribution is 2.33. The Hall–Kier alpha value is -0.880. The van der Waals surface area contributed by atoms with E-state index in [1.165, 1.54) is 18.6 Å². The van der Waals surface area contributed by atoms with Crippen LogP contribution < -0.4 is 15.5 Å². The Balaban J connectivity index is 0.00000341. The maximum absolute atomic E-state index is 13.3. The van der Waals surface area contributed by atoms with Crippen LogP contribution in [0.5, 0.6) is 0 Å². The van der Waals surface area contributed by atoms with Crippen LogP contribution in [0.4, 0.5) is 18.9 Å². The molecule has 0 radical (unpaired) electrons. The Morgan fingerprint density at radius 2 is 1.90 bits per heavy atom. The van der Waals surface area contributed by atoms with Crippen LogP contribution in [0.3, 0.4) is 0 Å². The van der Waals surface area contributed by atoms with Crippen LogP contribution in [0.1, 0.15) is 30.4 Å². The molecule has 2 aliphatic rings. The first-order valence-electron chi connectivity index (χ1n) is 10.4. The molecule has 1 aromatic rings. The molecule has 5 nitrogen and oxygen atoms in total. The van der Waals surface area contributed by atoms with Crippen molar-refractivity contribution in [1.82, 2.24) is 15.5 Å². The van der Waals surface area contributed by atoms with E-state index in [0.717, 1.165) is 44.7 Å². The Labute approximate surface area is 204 Å². The predicted molar refractivity (Wildman–Crippen MR) is 135 cm³/mol. The van der Waals surface area contributed by atoms with Crippen LogP contribution in [0.15, 0.2) is 23.2 Å². The number of alkyl halides is 3. The molecule has 2 atom stereocenters. The topological polar surface area (TPSA) is 42.9 Å². The van der Waals surface area contributed by atoms with Crippen molar-refractivity contribution in [3.05, 3.63) is 29.3 Å². The van der Waals surface area contributed by atoms with Crippen molar-refractivity contribution in [3.63, 3.8) is 0 Å². The molecule has 0 bridgehead atoms. The number of piperazine rings is 1. The number of rotatable bonds is 5. The molecule has 0 aromatic heterocycles. The first-order valence-corrected chi connectivity index (χ1v) is 11.7. The molecule has 0 amide bonds. The average Bonchev–Trinajstić information content (AvgIpc) is 3.18. The molecule has 0 spiro atoms. The molecule has 1 aliphatic heterocycles. The second kappa shape index (κ2) is 11.8. The number of halogens is 4. The van der Waals surface area contributed by atoms with Gasteiger partial charge in [-0.15, -0.1) is 24.0 Å². The fourth-order valence-electron chi connectivity index (χ4n) is 4.11. The quantitative estimate of drug-likeness (QED) is 0.318. The summed E-state index contributed by atoms with van der Waals surface area (Å²) in [6, 6.07) is 4.42. The van der Waals surface area contributed by atoms with E-state index in [1.54, 1.807) is 13.1 Å². The van der Waals surface area contributed by atoms with Crippen LogP contribution in [0.2, 0.25) is 0 Å². The molecular formula is C21H33F3IN5S. The zero-order valence-electron chi connectivity index (χ0n) is 18.3. The molecular weight excluding hydrogens is 538 g/mol. The largest absolute Gasteiger partial charge is 0.416 e. The van der Waals surface area contributed by atoms with E-state index < -0.39 is 11.7 Å². The number of hydrogen-bond donors (Lipinski definition) is 2. The van der Waals surface area contributed by atoms with Crippen molar-refractivity contribution in [2.45, 2.75) is 43.3 Å². The molecule has 2 fully saturated rings. The van der Waals surface area contributed by atoms with Crippen molar-refractivity contribution in [2.24, 2.45) is 4.99 Å². The predicted octanol–water partition coefficient (Wildman–Crippen LogP) is 4.02. The molecule has 1 aromatic carbocycles. The van der Waals surface area contributed by atoms with Crippen LogP contribution in [-0.4, -0.2) is 68.7 Å². The van der Waals surface area contributed by atoms with Gasteiger partial charge in [0.05, 0.1) is 5.56 Å². The third-order valence-electron chi connectivity index (χ3n) is 5.98. The highest BCUT2D eigenvalue weighted by Gasteiger charge is 2.32. The number of nitrogens with one attached hydrogen (secondary N) is 2. The van der Waals surface area contributed by atoms with Gasteiger partial charge < -0.3 is 20.4 Å². The number of guanidine groups is 1. The van der Waals surface area contributed by atoms with Gasteiger partial charge in [0.2, 0.25) is 0 Å². The second-order valence-electron chi connectivity index (χ2n) is 8.07. The highest BCUT2D eigenvalue weighted by atomic mass is 127. The van der Waals surface area contributed by atoms with E-state index in [0.29, 0.717) is 29.4 Å². The monoisotopic (exact) mass is 571 g/mol. The molecule has 31 heavy (non-hydrogen) atoms. The first kappa shape index (κ1) is 26.4. The Kier molecular flexibility index (Phi) is 10.1. The van der Waals surface area contributed by atoms with Crippen LogP contribution in [-0.2, 0) is 12.7 Å². The summed E-state index contributed by atoms with van der Waals surface area (Å²) in [6.07, 6.45) is 1.12. The van der Waals surface area contributed by atoms with Crippen molar-refractivity contribution >= 4 is 47.4 Å². The summed E-state index contributed by atoms with van der Waals surface area (Å²) in [5.41, 5.74) is 0.895. The molecule has 176 valence electrons. The van der Waals surface area contributed by atoms with Crippen LogP contribution in [0.25, 0.3) is 0 Å². The van der Waals surface area contributed by atoms with Gasteiger partial charge in [0, 0.05) is 56.8 Å². The van der Waals surface area contributed by atoms with Gasteiger partial charge in [-0.1, -0.05) is 0 Å². The standard InChI is InChI=1S/C21H32F3N5S.HI/c1-25-20(27-17-5-6-18(13-17)30-3)26-14-15-12-16(21(22,23)24)4-7-19(15)29-10-8-28(2)9-11-29;/h4,7,12,17-18H,5-6,8-11,13-14H2,1-3H3,(H2,25,26,27);1H. The molecule has 1 aliphatic carbocycles. The van der Waals surface area contributed by atoms with Gasteiger partial charge in [0.25, 0.3) is 0 Å². The molecule has 2 unspecified atom stereocenters. The van der Waals surface area contributed by atoms with Crippen LogP contribution >= 0.6 is 35.7 Å². The smallest absolute Gasteiger partial charge is 0.369 e. The fraction of sp³-hybridized carbons (Fsp3) is 0.667. The first-order chi connectivity index (χ1) is 14.3. The number of thioether (sulfide) groups is 1. The maximum Gasteiger partial charge on any atom is 0.416 e. The summed E-state index contributed by atoms with van der Waals surface area (Å²) in [4.78, 5) is 8.69.